The van der Waals surface area contributed by atoms with Crippen molar-refractivity contribution in [1.82, 2.24) is 0 Å². The molecule has 0 amide bonds. The lowest BCUT2D eigenvalue weighted by molar-refractivity contribution is 0.0843. The monoisotopic (exact) mass is 141 g/mol. The van der Waals surface area contributed by atoms with Crippen molar-refractivity contribution in [2.75, 3.05) is 6.61 Å². The lowest BCUT2D eigenvalue weighted by atomic mass is 9.98. The third kappa shape index (κ3) is 1.39. The van der Waals surface area contributed by atoms with E-state index in [1.807, 2.05) is 0 Å². The van der Waals surface area contributed by atoms with Crippen LogP contribution in [0.3, 0.4) is 0 Å². The highest BCUT2D eigenvalue weighted by Gasteiger charge is 2.27. The number of ether oxygens (including phenoxy) is 1. The van der Waals surface area contributed by atoms with E-state index >= 15 is 0 Å². The smallest absolute Gasteiger partial charge is 0.0787 e. The molecule has 0 aromatic rings. The molecular weight excluding hydrogens is 126 g/mol. The largest absolute Gasteiger partial charge is 0.376 e. The fourth-order valence-electron chi connectivity index (χ4n) is 1.34. The predicted molar refractivity (Wildman–Crippen MR) is 41.7 cm³/mol. The molecule has 1 aliphatic heterocycles. The van der Waals surface area contributed by atoms with Gasteiger partial charge in [-0.1, -0.05) is 13.0 Å². The van der Waals surface area contributed by atoms with Gasteiger partial charge in [0.2, 0.25) is 0 Å². The molecule has 3 atom stereocenters. The minimum atomic E-state index is 0.0116. The number of hydrogen-bond acceptors (Lipinski definition) is 2. The van der Waals surface area contributed by atoms with Crippen LogP contribution in [-0.2, 0) is 4.74 Å². The van der Waals surface area contributed by atoms with E-state index in [9.17, 15) is 0 Å². The van der Waals surface area contributed by atoms with E-state index in [4.69, 9.17) is 10.5 Å². The highest BCUT2D eigenvalue weighted by molar-refractivity contribution is 4.93. The van der Waals surface area contributed by atoms with E-state index in [0.717, 1.165) is 13.0 Å². The summed E-state index contributed by atoms with van der Waals surface area (Å²) in [6.45, 7) is 6.66. The fourth-order valence-corrected chi connectivity index (χ4v) is 1.34. The minimum Gasteiger partial charge on any atom is -0.376 e. The van der Waals surface area contributed by atoms with E-state index < -0.39 is 0 Å². The van der Waals surface area contributed by atoms with Gasteiger partial charge >= 0.3 is 0 Å². The number of hydrogen-bond donors (Lipinski definition) is 1. The molecule has 0 bridgehead atoms. The van der Waals surface area contributed by atoms with E-state index in [0.29, 0.717) is 5.92 Å². The second kappa shape index (κ2) is 3.17. The number of nitrogens with two attached hydrogens (primary N) is 1. The Hall–Kier alpha value is -0.340. The van der Waals surface area contributed by atoms with Crippen LogP contribution in [0.5, 0.6) is 0 Å². The summed E-state index contributed by atoms with van der Waals surface area (Å²) in [6, 6.07) is 0.0116. The zero-order valence-electron chi connectivity index (χ0n) is 6.42. The van der Waals surface area contributed by atoms with E-state index in [1.165, 1.54) is 0 Å². The summed E-state index contributed by atoms with van der Waals surface area (Å²) in [4.78, 5) is 0. The van der Waals surface area contributed by atoms with Crippen LogP contribution in [-0.4, -0.2) is 18.8 Å². The Morgan fingerprint density at radius 2 is 2.50 bits per heavy atom. The lowest BCUT2D eigenvalue weighted by Crippen LogP contribution is -2.35. The van der Waals surface area contributed by atoms with E-state index in [-0.39, 0.29) is 12.1 Å². The lowest BCUT2D eigenvalue weighted by Gasteiger charge is -2.18. The highest BCUT2D eigenvalue weighted by Crippen LogP contribution is 2.21. The van der Waals surface area contributed by atoms with Gasteiger partial charge in [0.1, 0.15) is 0 Å². The van der Waals surface area contributed by atoms with Crippen LogP contribution in [0.1, 0.15) is 13.3 Å². The molecule has 3 unspecified atom stereocenters. The van der Waals surface area contributed by atoms with Crippen LogP contribution in [0.15, 0.2) is 12.7 Å². The van der Waals surface area contributed by atoms with Crippen molar-refractivity contribution >= 4 is 0 Å². The summed E-state index contributed by atoms with van der Waals surface area (Å²) in [5, 5.41) is 0. The van der Waals surface area contributed by atoms with Gasteiger partial charge in [-0.2, -0.15) is 0 Å². The van der Waals surface area contributed by atoms with Crippen molar-refractivity contribution in [3.63, 3.8) is 0 Å². The molecule has 2 nitrogen and oxygen atoms in total. The SMILES string of the molecule is C=CC(N)C1OCCC1C. The molecule has 2 N–H and O–H groups in total. The van der Waals surface area contributed by atoms with Crippen LogP contribution < -0.4 is 5.73 Å². The van der Waals surface area contributed by atoms with Crippen LogP contribution in [0.2, 0.25) is 0 Å². The molecule has 0 aliphatic carbocycles. The molecule has 1 fully saturated rings. The van der Waals surface area contributed by atoms with E-state index in [2.05, 4.69) is 13.5 Å². The second-order valence-corrected chi connectivity index (χ2v) is 2.91. The van der Waals surface area contributed by atoms with Gasteiger partial charge in [0, 0.05) is 12.6 Å². The first-order valence-electron chi connectivity index (χ1n) is 3.75. The minimum absolute atomic E-state index is 0.0116. The van der Waals surface area contributed by atoms with Gasteiger partial charge < -0.3 is 10.5 Å². The molecule has 0 aromatic heterocycles. The van der Waals surface area contributed by atoms with Crippen LogP contribution >= 0.6 is 0 Å². The first kappa shape index (κ1) is 7.76. The maximum Gasteiger partial charge on any atom is 0.0787 e. The average molecular weight is 141 g/mol. The molecule has 1 saturated heterocycles. The zero-order chi connectivity index (χ0) is 7.56. The average Bonchev–Trinajstić information content (AvgIpc) is 2.34. The summed E-state index contributed by atoms with van der Waals surface area (Å²) in [7, 11) is 0. The molecular formula is C8H15NO. The fraction of sp³-hybridized carbons (Fsp3) is 0.750. The van der Waals surface area contributed by atoms with Gasteiger partial charge in [-0.15, -0.1) is 6.58 Å². The van der Waals surface area contributed by atoms with Crippen molar-refractivity contribution in [3.05, 3.63) is 12.7 Å². The van der Waals surface area contributed by atoms with Gasteiger partial charge in [0.15, 0.2) is 0 Å². The summed E-state index contributed by atoms with van der Waals surface area (Å²) in [6.07, 6.45) is 3.09. The third-order valence-electron chi connectivity index (χ3n) is 2.10. The van der Waals surface area contributed by atoms with E-state index in [1.54, 1.807) is 6.08 Å². The molecule has 58 valence electrons. The Bertz CT molecular complexity index is 124. The van der Waals surface area contributed by atoms with Crippen LogP contribution in [0.4, 0.5) is 0 Å². The Morgan fingerprint density at radius 1 is 1.80 bits per heavy atom. The molecule has 2 heteroatoms. The zero-order valence-corrected chi connectivity index (χ0v) is 6.42. The molecule has 1 rings (SSSR count). The van der Waals surface area contributed by atoms with Crippen molar-refractivity contribution in [2.45, 2.75) is 25.5 Å². The quantitative estimate of drug-likeness (QED) is 0.580. The molecule has 0 aromatic carbocycles. The summed E-state index contributed by atoms with van der Waals surface area (Å²) in [5.74, 6) is 0.591. The summed E-state index contributed by atoms with van der Waals surface area (Å²) >= 11 is 0. The van der Waals surface area contributed by atoms with Crippen molar-refractivity contribution in [1.29, 1.82) is 0 Å². The Labute approximate surface area is 62.1 Å². The predicted octanol–water partition coefficient (Wildman–Crippen LogP) is 0.925. The molecule has 0 radical (unpaired) electrons. The van der Waals surface area contributed by atoms with Crippen LogP contribution in [0, 0.1) is 5.92 Å². The second-order valence-electron chi connectivity index (χ2n) is 2.91. The first-order chi connectivity index (χ1) is 4.75. The summed E-state index contributed by atoms with van der Waals surface area (Å²) < 4.78 is 5.42. The maximum atomic E-state index is 5.73. The van der Waals surface area contributed by atoms with Crippen molar-refractivity contribution < 1.29 is 4.74 Å². The normalized spacial score (nSPS) is 35.8. The molecule has 0 saturated carbocycles. The molecule has 0 spiro atoms. The third-order valence-corrected chi connectivity index (χ3v) is 2.10. The summed E-state index contributed by atoms with van der Waals surface area (Å²) in [5.41, 5.74) is 5.73. The molecule has 1 aliphatic rings. The highest BCUT2D eigenvalue weighted by atomic mass is 16.5. The molecule has 1 heterocycles. The Morgan fingerprint density at radius 3 is 2.90 bits per heavy atom. The van der Waals surface area contributed by atoms with Crippen molar-refractivity contribution in [2.24, 2.45) is 11.7 Å². The van der Waals surface area contributed by atoms with Gasteiger partial charge in [0.05, 0.1) is 6.10 Å². The Balaban J connectivity index is 2.46. The van der Waals surface area contributed by atoms with Gasteiger partial charge in [0.25, 0.3) is 0 Å². The van der Waals surface area contributed by atoms with Gasteiger partial charge in [-0.25, -0.2) is 0 Å². The van der Waals surface area contributed by atoms with Crippen LogP contribution in [0.25, 0.3) is 0 Å². The first-order valence-corrected chi connectivity index (χ1v) is 3.75. The van der Waals surface area contributed by atoms with Gasteiger partial charge in [-0.05, 0) is 12.3 Å². The topological polar surface area (TPSA) is 35.2 Å². The number of rotatable bonds is 2. The van der Waals surface area contributed by atoms with Gasteiger partial charge in [-0.3, -0.25) is 0 Å². The maximum absolute atomic E-state index is 5.73. The Kier molecular flexibility index (Phi) is 2.46. The standard InChI is InChI=1S/C8H15NO/c1-3-7(9)8-6(2)4-5-10-8/h3,6-8H,1,4-5,9H2,2H3. The van der Waals surface area contributed by atoms with Crippen molar-refractivity contribution in [3.8, 4) is 0 Å². The molecule has 10 heavy (non-hydrogen) atoms.